The molecule has 5 nitrogen and oxygen atoms in total. The number of hydrogen-bond donors (Lipinski definition) is 3. The maximum Gasteiger partial charge on any atom is 0.136 e. The summed E-state index contributed by atoms with van der Waals surface area (Å²) in [6.07, 6.45) is -0.155. The fraction of sp³-hybridized carbons (Fsp3) is 0.417. The molecule has 0 heterocycles. The zero-order chi connectivity index (χ0) is 13.5. The van der Waals surface area contributed by atoms with E-state index in [-0.39, 0.29) is 17.5 Å². The SMILES string of the molecule is COCC(CNc1cccc(F)c1C(=N)N)OC. The molecule has 1 aromatic rings. The molecule has 6 heteroatoms. The van der Waals surface area contributed by atoms with E-state index in [4.69, 9.17) is 20.6 Å². The Morgan fingerprint density at radius 2 is 2.22 bits per heavy atom. The number of anilines is 1. The first-order valence-corrected chi connectivity index (χ1v) is 5.48. The molecule has 1 unspecified atom stereocenters. The van der Waals surface area contributed by atoms with Crippen molar-refractivity contribution in [3.05, 3.63) is 29.6 Å². The Morgan fingerprint density at radius 3 is 2.78 bits per heavy atom. The summed E-state index contributed by atoms with van der Waals surface area (Å²) in [5.74, 6) is -0.829. The molecular formula is C12H18FN3O2. The first-order chi connectivity index (χ1) is 8.60. The number of nitrogens with two attached hydrogens (primary N) is 1. The molecule has 4 N–H and O–H groups in total. The van der Waals surface area contributed by atoms with E-state index in [0.717, 1.165) is 0 Å². The topological polar surface area (TPSA) is 80.4 Å². The zero-order valence-electron chi connectivity index (χ0n) is 10.5. The summed E-state index contributed by atoms with van der Waals surface area (Å²) in [5.41, 5.74) is 5.91. The fourth-order valence-corrected chi connectivity index (χ4v) is 1.57. The van der Waals surface area contributed by atoms with Crippen molar-refractivity contribution in [1.82, 2.24) is 0 Å². The average Bonchev–Trinajstić information content (AvgIpc) is 2.33. The van der Waals surface area contributed by atoms with Crippen molar-refractivity contribution in [3.63, 3.8) is 0 Å². The van der Waals surface area contributed by atoms with E-state index < -0.39 is 5.82 Å². The van der Waals surface area contributed by atoms with Crippen molar-refractivity contribution in [2.24, 2.45) is 5.73 Å². The van der Waals surface area contributed by atoms with Crippen LogP contribution in [0.3, 0.4) is 0 Å². The number of nitrogens with one attached hydrogen (secondary N) is 2. The van der Waals surface area contributed by atoms with E-state index in [1.807, 2.05) is 0 Å². The van der Waals surface area contributed by atoms with E-state index in [0.29, 0.717) is 18.8 Å². The molecule has 0 fully saturated rings. The molecule has 0 amide bonds. The minimum absolute atomic E-state index is 0.0739. The van der Waals surface area contributed by atoms with Gasteiger partial charge in [-0.25, -0.2) is 4.39 Å². The van der Waals surface area contributed by atoms with E-state index in [9.17, 15) is 4.39 Å². The highest BCUT2D eigenvalue weighted by Gasteiger charge is 2.13. The Bertz CT molecular complexity index is 412. The normalized spacial score (nSPS) is 12.2. The smallest absolute Gasteiger partial charge is 0.136 e. The van der Waals surface area contributed by atoms with Crippen molar-refractivity contribution in [1.29, 1.82) is 5.41 Å². The molecule has 0 aliphatic heterocycles. The Kier molecular flexibility index (Phi) is 5.54. The van der Waals surface area contributed by atoms with E-state index >= 15 is 0 Å². The number of methoxy groups -OCH3 is 2. The molecule has 0 radical (unpaired) electrons. The van der Waals surface area contributed by atoms with Crippen LogP contribution in [0.1, 0.15) is 5.56 Å². The van der Waals surface area contributed by atoms with Crippen LogP contribution >= 0.6 is 0 Å². The summed E-state index contributed by atoms with van der Waals surface area (Å²) in [5, 5.41) is 10.4. The largest absolute Gasteiger partial charge is 0.384 e. The van der Waals surface area contributed by atoms with Crippen molar-refractivity contribution >= 4 is 11.5 Å². The van der Waals surface area contributed by atoms with Gasteiger partial charge in [0.2, 0.25) is 0 Å². The number of rotatable bonds is 7. The summed E-state index contributed by atoms with van der Waals surface area (Å²) >= 11 is 0. The maximum atomic E-state index is 13.5. The summed E-state index contributed by atoms with van der Waals surface area (Å²) in [7, 11) is 3.15. The van der Waals surface area contributed by atoms with E-state index in [1.165, 1.54) is 6.07 Å². The second-order valence-electron chi connectivity index (χ2n) is 3.77. The van der Waals surface area contributed by atoms with E-state index in [1.54, 1.807) is 26.4 Å². The van der Waals surface area contributed by atoms with Gasteiger partial charge < -0.3 is 20.5 Å². The van der Waals surface area contributed by atoms with Crippen molar-refractivity contribution in [3.8, 4) is 0 Å². The van der Waals surface area contributed by atoms with Gasteiger partial charge in [0.25, 0.3) is 0 Å². The second kappa shape index (κ2) is 6.93. The van der Waals surface area contributed by atoms with Gasteiger partial charge in [0.05, 0.1) is 18.3 Å². The minimum Gasteiger partial charge on any atom is -0.384 e. The number of benzene rings is 1. The molecule has 0 saturated carbocycles. The Hall–Kier alpha value is -1.66. The number of hydrogen-bond acceptors (Lipinski definition) is 4. The molecule has 0 aliphatic carbocycles. The maximum absolute atomic E-state index is 13.5. The Morgan fingerprint density at radius 1 is 1.50 bits per heavy atom. The first kappa shape index (κ1) is 14.4. The van der Waals surface area contributed by atoms with Crippen LogP contribution in [0.4, 0.5) is 10.1 Å². The van der Waals surface area contributed by atoms with Crippen molar-refractivity contribution in [2.75, 3.05) is 32.7 Å². The number of ether oxygens (including phenoxy) is 2. The Labute approximate surface area is 106 Å². The monoisotopic (exact) mass is 255 g/mol. The molecule has 1 atom stereocenters. The molecule has 0 bridgehead atoms. The van der Waals surface area contributed by atoms with Crippen LogP contribution in [0.15, 0.2) is 18.2 Å². The third-order valence-electron chi connectivity index (χ3n) is 2.49. The lowest BCUT2D eigenvalue weighted by Gasteiger charge is -2.17. The summed E-state index contributed by atoms with van der Waals surface area (Å²) in [4.78, 5) is 0. The number of nitrogen functional groups attached to an aromatic ring is 1. The first-order valence-electron chi connectivity index (χ1n) is 5.48. The third kappa shape index (κ3) is 3.68. The van der Waals surface area contributed by atoms with Crippen molar-refractivity contribution in [2.45, 2.75) is 6.10 Å². The lowest BCUT2D eigenvalue weighted by Crippen LogP contribution is -2.27. The average molecular weight is 255 g/mol. The third-order valence-corrected chi connectivity index (χ3v) is 2.49. The van der Waals surface area contributed by atoms with Gasteiger partial charge in [-0.05, 0) is 12.1 Å². The summed E-state index contributed by atoms with van der Waals surface area (Å²) < 4.78 is 23.7. The van der Waals surface area contributed by atoms with Gasteiger partial charge in [-0.3, -0.25) is 5.41 Å². The van der Waals surface area contributed by atoms with Crippen LogP contribution in [0, 0.1) is 11.2 Å². The quantitative estimate of drug-likeness (QED) is 0.505. The van der Waals surface area contributed by atoms with Crippen LogP contribution in [0.25, 0.3) is 0 Å². The molecular weight excluding hydrogens is 237 g/mol. The van der Waals surface area contributed by atoms with Crippen LogP contribution in [0.5, 0.6) is 0 Å². The van der Waals surface area contributed by atoms with Crippen molar-refractivity contribution < 1.29 is 13.9 Å². The van der Waals surface area contributed by atoms with Crippen LogP contribution < -0.4 is 11.1 Å². The van der Waals surface area contributed by atoms with Gasteiger partial charge in [-0.1, -0.05) is 6.07 Å². The number of amidine groups is 1. The highest BCUT2D eigenvalue weighted by molar-refractivity contribution is 6.00. The molecule has 18 heavy (non-hydrogen) atoms. The molecule has 0 aliphatic rings. The zero-order valence-corrected chi connectivity index (χ0v) is 10.5. The molecule has 1 rings (SSSR count). The standard InChI is InChI=1S/C12H18FN3O2/c1-17-7-8(18-2)6-16-10-5-3-4-9(13)11(10)12(14)15/h3-5,8,16H,6-7H2,1-2H3,(H3,14,15). The fourth-order valence-electron chi connectivity index (χ4n) is 1.57. The number of halogens is 1. The van der Waals surface area contributed by atoms with Crippen LogP contribution in [-0.2, 0) is 9.47 Å². The molecule has 0 saturated heterocycles. The summed E-state index contributed by atoms with van der Waals surface area (Å²) in [6, 6.07) is 4.49. The molecule has 0 aromatic heterocycles. The van der Waals surface area contributed by atoms with Crippen LogP contribution in [0.2, 0.25) is 0 Å². The molecule has 1 aromatic carbocycles. The van der Waals surface area contributed by atoms with E-state index in [2.05, 4.69) is 5.32 Å². The lowest BCUT2D eigenvalue weighted by atomic mass is 10.1. The van der Waals surface area contributed by atoms with Gasteiger partial charge in [0.15, 0.2) is 0 Å². The lowest BCUT2D eigenvalue weighted by molar-refractivity contribution is 0.0365. The highest BCUT2D eigenvalue weighted by atomic mass is 19.1. The van der Waals surface area contributed by atoms with Gasteiger partial charge in [-0.2, -0.15) is 0 Å². The van der Waals surface area contributed by atoms with Gasteiger partial charge >= 0.3 is 0 Å². The van der Waals surface area contributed by atoms with Gasteiger partial charge in [0.1, 0.15) is 11.7 Å². The molecule has 0 spiro atoms. The molecule has 100 valence electrons. The Balaban J connectivity index is 2.78. The highest BCUT2D eigenvalue weighted by Crippen LogP contribution is 2.18. The summed E-state index contributed by atoms with van der Waals surface area (Å²) in [6.45, 7) is 0.863. The van der Waals surface area contributed by atoms with Gasteiger partial charge in [0, 0.05) is 26.5 Å². The minimum atomic E-state index is -0.520. The predicted octanol–water partition coefficient (Wildman–Crippen LogP) is 1.18. The predicted molar refractivity (Wildman–Crippen MR) is 68.6 cm³/mol. The van der Waals surface area contributed by atoms with Crippen LogP contribution in [-0.4, -0.2) is 39.3 Å². The van der Waals surface area contributed by atoms with Gasteiger partial charge in [-0.15, -0.1) is 0 Å². The second-order valence-corrected chi connectivity index (χ2v) is 3.77.